The van der Waals surface area contributed by atoms with E-state index in [1.54, 1.807) is 11.1 Å². The number of rotatable bonds is 2. The van der Waals surface area contributed by atoms with Crippen LogP contribution in [-0.2, 0) is 4.84 Å². The molecule has 0 amide bonds. The average molecular weight is 254 g/mol. The van der Waals surface area contributed by atoms with Gasteiger partial charge < -0.3 is 4.84 Å². The minimum Gasteiger partial charge on any atom is -0.360 e. The molecule has 2 heterocycles. The molecule has 0 fully saturated rings. The van der Waals surface area contributed by atoms with Gasteiger partial charge in [-0.2, -0.15) is 10.2 Å². The van der Waals surface area contributed by atoms with Crippen LogP contribution in [0.15, 0.2) is 53.1 Å². The maximum Gasteiger partial charge on any atom is 0.223 e. The van der Waals surface area contributed by atoms with Crippen LogP contribution >= 0.6 is 0 Å². The number of amidine groups is 1. The third-order valence-corrected chi connectivity index (χ3v) is 2.83. The smallest absolute Gasteiger partial charge is 0.223 e. The maximum atomic E-state index is 5.59. The summed E-state index contributed by atoms with van der Waals surface area (Å²) < 4.78 is 0. The lowest BCUT2D eigenvalue weighted by atomic mass is 10.2. The lowest BCUT2D eigenvalue weighted by molar-refractivity contribution is 0.0305. The molecule has 0 spiro atoms. The van der Waals surface area contributed by atoms with Crippen LogP contribution in [0.25, 0.3) is 6.08 Å². The van der Waals surface area contributed by atoms with Crippen LogP contribution in [0, 0.1) is 0 Å². The zero-order valence-electron chi connectivity index (χ0n) is 10.4. The highest BCUT2D eigenvalue weighted by molar-refractivity contribution is 5.99. The monoisotopic (exact) mass is 254 g/mol. The van der Waals surface area contributed by atoms with Crippen LogP contribution in [0.2, 0.25) is 0 Å². The molecule has 2 aliphatic rings. The number of nitrogens with one attached hydrogen (secondary N) is 1. The van der Waals surface area contributed by atoms with Gasteiger partial charge in [0.2, 0.25) is 5.90 Å². The van der Waals surface area contributed by atoms with Gasteiger partial charge in [0.05, 0.1) is 5.69 Å². The number of fused-ring (bicyclic) bond motifs is 1. The Bertz CT molecular complexity index is 589. The number of hydrazone groups is 1. The fraction of sp³-hybridized carbons (Fsp3) is 0.143. The number of nitrogens with zero attached hydrogens (tertiary/aromatic N) is 3. The molecule has 5 nitrogen and oxygen atoms in total. The van der Waals surface area contributed by atoms with Gasteiger partial charge in [0.1, 0.15) is 0 Å². The SMILES string of the molecule is C=CCC1=NCN(C2=NNc3ccccc3C=C2)O1. The van der Waals surface area contributed by atoms with Crippen molar-refractivity contribution in [2.75, 3.05) is 12.1 Å². The summed E-state index contributed by atoms with van der Waals surface area (Å²) in [7, 11) is 0. The first kappa shape index (κ1) is 11.5. The number of hydrogen-bond donors (Lipinski definition) is 1. The Balaban J connectivity index is 1.75. The van der Waals surface area contributed by atoms with Crippen LogP contribution in [-0.4, -0.2) is 23.5 Å². The van der Waals surface area contributed by atoms with Crippen molar-refractivity contribution in [3.8, 4) is 0 Å². The first-order valence-electron chi connectivity index (χ1n) is 6.07. The Morgan fingerprint density at radius 2 is 2.26 bits per heavy atom. The zero-order chi connectivity index (χ0) is 13.1. The molecule has 0 unspecified atom stereocenters. The van der Waals surface area contributed by atoms with E-state index in [1.807, 2.05) is 36.4 Å². The summed E-state index contributed by atoms with van der Waals surface area (Å²) in [6, 6.07) is 7.98. The lowest BCUT2D eigenvalue weighted by Crippen LogP contribution is -2.27. The summed E-state index contributed by atoms with van der Waals surface area (Å²) in [6.45, 7) is 4.12. The first-order chi connectivity index (χ1) is 9.36. The molecule has 5 heteroatoms. The summed E-state index contributed by atoms with van der Waals surface area (Å²) >= 11 is 0. The van der Waals surface area contributed by atoms with Gasteiger partial charge >= 0.3 is 0 Å². The first-order valence-corrected chi connectivity index (χ1v) is 6.07. The molecule has 0 radical (unpaired) electrons. The molecule has 0 atom stereocenters. The van der Waals surface area contributed by atoms with Crippen molar-refractivity contribution in [1.82, 2.24) is 5.06 Å². The topological polar surface area (TPSA) is 49.2 Å². The van der Waals surface area contributed by atoms with Gasteiger partial charge in [-0.15, -0.1) is 6.58 Å². The number of hydroxylamine groups is 2. The van der Waals surface area contributed by atoms with E-state index in [0.29, 0.717) is 24.8 Å². The van der Waals surface area contributed by atoms with Crippen molar-refractivity contribution in [3.05, 3.63) is 48.6 Å². The van der Waals surface area contributed by atoms with E-state index in [2.05, 4.69) is 22.1 Å². The summed E-state index contributed by atoms with van der Waals surface area (Å²) in [6.07, 6.45) is 6.30. The molecule has 96 valence electrons. The number of aliphatic imine (C=N–C) groups is 1. The molecule has 2 aliphatic heterocycles. The summed E-state index contributed by atoms with van der Waals surface area (Å²) in [4.78, 5) is 9.85. The molecule has 0 bridgehead atoms. The second kappa shape index (κ2) is 4.97. The van der Waals surface area contributed by atoms with E-state index < -0.39 is 0 Å². The quantitative estimate of drug-likeness (QED) is 0.825. The average Bonchev–Trinajstić information content (AvgIpc) is 2.79. The lowest BCUT2D eigenvalue weighted by Gasteiger charge is -2.15. The van der Waals surface area contributed by atoms with Crippen LogP contribution in [0.5, 0.6) is 0 Å². The number of para-hydroxylation sites is 1. The van der Waals surface area contributed by atoms with Gasteiger partial charge in [-0.3, -0.25) is 5.43 Å². The van der Waals surface area contributed by atoms with Crippen molar-refractivity contribution in [2.24, 2.45) is 10.1 Å². The van der Waals surface area contributed by atoms with Crippen molar-refractivity contribution >= 4 is 23.5 Å². The van der Waals surface area contributed by atoms with Gasteiger partial charge in [0, 0.05) is 6.42 Å². The van der Waals surface area contributed by atoms with Crippen molar-refractivity contribution in [3.63, 3.8) is 0 Å². The van der Waals surface area contributed by atoms with Crippen LogP contribution in [0.4, 0.5) is 5.69 Å². The molecule has 19 heavy (non-hydrogen) atoms. The van der Waals surface area contributed by atoms with Gasteiger partial charge in [0.15, 0.2) is 12.5 Å². The Morgan fingerprint density at radius 3 is 3.16 bits per heavy atom. The van der Waals surface area contributed by atoms with Gasteiger partial charge in [-0.25, -0.2) is 4.99 Å². The van der Waals surface area contributed by atoms with E-state index in [0.717, 1.165) is 11.3 Å². The molecule has 1 aromatic rings. The molecular weight excluding hydrogens is 240 g/mol. The predicted molar refractivity (Wildman–Crippen MR) is 76.6 cm³/mol. The van der Waals surface area contributed by atoms with Crippen molar-refractivity contribution in [1.29, 1.82) is 0 Å². The standard InChI is InChI=1S/C14H14N4O/c1-2-5-14-15-10-18(19-14)13-9-8-11-6-3-4-7-12(11)16-17-13/h2-4,6-9,16H,1,5,10H2. The minimum absolute atomic E-state index is 0.449. The van der Waals surface area contributed by atoms with E-state index in [-0.39, 0.29) is 0 Å². The van der Waals surface area contributed by atoms with Gasteiger partial charge in [-0.05, 0) is 23.8 Å². The fourth-order valence-corrected chi connectivity index (χ4v) is 1.87. The highest BCUT2D eigenvalue weighted by Crippen LogP contribution is 2.20. The summed E-state index contributed by atoms with van der Waals surface area (Å²) in [5.41, 5.74) is 5.09. The number of anilines is 1. The third kappa shape index (κ3) is 2.35. The number of benzene rings is 1. The second-order valence-electron chi connectivity index (χ2n) is 4.16. The Hall–Kier alpha value is -2.56. The molecule has 1 aromatic carbocycles. The van der Waals surface area contributed by atoms with Crippen LogP contribution in [0.3, 0.4) is 0 Å². The van der Waals surface area contributed by atoms with E-state index in [1.165, 1.54) is 0 Å². The fourth-order valence-electron chi connectivity index (χ4n) is 1.87. The molecule has 0 saturated heterocycles. The maximum absolute atomic E-state index is 5.59. The van der Waals surface area contributed by atoms with Crippen LogP contribution in [0.1, 0.15) is 12.0 Å². The third-order valence-electron chi connectivity index (χ3n) is 2.83. The minimum atomic E-state index is 0.449. The Labute approximate surface area is 111 Å². The van der Waals surface area contributed by atoms with Gasteiger partial charge in [0.25, 0.3) is 0 Å². The van der Waals surface area contributed by atoms with Crippen LogP contribution < -0.4 is 5.43 Å². The number of hydrogen-bond acceptors (Lipinski definition) is 5. The molecule has 0 aromatic heterocycles. The normalized spacial score (nSPS) is 16.7. The van der Waals surface area contributed by atoms with E-state index in [9.17, 15) is 0 Å². The largest absolute Gasteiger partial charge is 0.360 e. The highest BCUT2D eigenvalue weighted by Gasteiger charge is 2.20. The molecular formula is C14H14N4O. The Kier molecular flexibility index (Phi) is 3.02. The zero-order valence-corrected chi connectivity index (χ0v) is 10.4. The van der Waals surface area contributed by atoms with Gasteiger partial charge in [-0.1, -0.05) is 24.3 Å². The summed E-state index contributed by atoms with van der Waals surface area (Å²) in [5, 5.41) is 5.97. The van der Waals surface area contributed by atoms with E-state index in [4.69, 9.17) is 4.84 Å². The molecule has 3 rings (SSSR count). The van der Waals surface area contributed by atoms with Crippen molar-refractivity contribution in [2.45, 2.75) is 6.42 Å². The second-order valence-corrected chi connectivity index (χ2v) is 4.16. The molecule has 1 N–H and O–H groups in total. The highest BCUT2D eigenvalue weighted by atomic mass is 16.7. The van der Waals surface area contributed by atoms with E-state index >= 15 is 0 Å². The Morgan fingerprint density at radius 1 is 1.37 bits per heavy atom. The molecule has 0 aliphatic carbocycles. The van der Waals surface area contributed by atoms with Crippen molar-refractivity contribution < 1.29 is 4.84 Å². The molecule has 0 saturated carbocycles. The predicted octanol–water partition coefficient (Wildman–Crippen LogP) is 2.62. The summed E-state index contributed by atoms with van der Waals surface area (Å²) in [5.74, 6) is 1.35.